The molecule has 0 heterocycles. The fourth-order valence-corrected chi connectivity index (χ4v) is 8.82. The summed E-state index contributed by atoms with van der Waals surface area (Å²) in [5, 5.41) is 0. The second kappa shape index (κ2) is 9.31. The molecule has 0 aromatic rings. The number of ether oxygens (including phenoxy) is 3. The molecular weight excluding hydrogens is 432 g/mol. The summed E-state index contributed by atoms with van der Waals surface area (Å²) in [6, 6.07) is 0. The molecule has 0 bridgehead atoms. The van der Waals surface area contributed by atoms with Gasteiger partial charge in [0.2, 0.25) is 0 Å². The lowest BCUT2D eigenvalue weighted by atomic mass is 9.46. The molecule has 4 aliphatic carbocycles. The maximum Gasteiger partial charge on any atom is 0.305 e. The molecule has 0 radical (unpaired) electrons. The molecule has 6 heteroatoms. The number of allylic oxidation sites excluding steroid dienone is 1. The molecule has 0 amide bonds. The summed E-state index contributed by atoms with van der Waals surface area (Å²) >= 11 is 0. The first-order chi connectivity index (χ1) is 16.0. The van der Waals surface area contributed by atoms with Crippen LogP contribution in [-0.2, 0) is 28.6 Å². The zero-order chi connectivity index (χ0) is 24.8. The van der Waals surface area contributed by atoms with Gasteiger partial charge in [-0.15, -0.1) is 0 Å². The Hall–Kier alpha value is -1.85. The standard InChI is InChI=1S/C28H42O6/c1-16(13-26(31)32-6)22-9-10-23-21-8-7-19-14-20(33-17(2)29)15-25(34-18(3)30)28(19,5)24(21)11-12-27(22,23)4/h7,16,20-25H,8-15H2,1-6H3/t16-,20?,21-,22+,23-,24-,25?,27+,28-/m0/s1. The van der Waals surface area contributed by atoms with E-state index in [4.69, 9.17) is 14.2 Å². The first-order valence-electron chi connectivity index (χ1n) is 13.1. The molecule has 190 valence electrons. The van der Waals surface area contributed by atoms with Crippen LogP contribution in [0.25, 0.3) is 0 Å². The van der Waals surface area contributed by atoms with Crippen molar-refractivity contribution in [1.29, 1.82) is 0 Å². The highest BCUT2D eigenvalue weighted by Crippen LogP contribution is 2.67. The second-order valence-electron chi connectivity index (χ2n) is 11.9. The van der Waals surface area contributed by atoms with E-state index in [2.05, 4.69) is 26.8 Å². The van der Waals surface area contributed by atoms with Crippen molar-refractivity contribution in [3.63, 3.8) is 0 Å². The first-order valence-corrected chi connectivity index (χ1v) is 13.1. The average Bonchev–Trinajstić information content (AvgIpc) is 3.11. The van der Waals surface area contributed by atoms with E-state index in [0.29, 0.717) is 42.4 Å². The molecular formula is C28H42O6. The Morgan fingerprint density at radius 2 is 1.76 bits per heavy atom. The molecule has 6 nitrogen and oxygen atoms in total. The van der Waals surface area contributed by atoms with Crippen LogP contribution in [0.1, 0.15) is 86.0 Å². The lowest BCUT2D eigenvalue weighted by molar-refractivity contribution is -0.172. The smallest absolute Gasteiger partial charge is 0.305 e. The number of fused-ring (bicyclic) bond motifs is 5. The van der Waals surface area contributed by atoms with Crippen LogP contribution in [-0.4, -0.2) is 37.2 Å². The molecule has 0 spiro atoms. The topological polar surface area (TPSA) is 78.9 Å². The Balaban J connectivity index is 1.61. The van der Waals surface area contributed by atoms with Crippen LogP contribution >= 0.6 is 0 Å². The molecule has 3 fully saturated rings. The maximum atomic E-state index is 12.1. The SMILES string of the molecule is COC(=O)C[C@H](C)[C@H]1CC[C@H]2[C@@H]3CC=C4CC(OC(C)=O)CC(OC(C)=O)[C@]4(C)[C@H]3CC[C@]12C. The van der Waals surface area contributed by atoms with E-state index in [1.54, 1.807) is 0 Å². The molecule has 0 aromatic carbocycles. The van der Waals surface area contributed by atoms with Gasteiger partial charge in [0.1, 0.15) is 12.2 Å². The van der Waals surface area contributed by atoms with Crippen molar-refractivity contribution in [2.24, 2.45) is 40.4 Å². The molecule has 4 aliphatic rings. The molecule has 3 saturated carbocycles. The van der Waals surface area contributed by atoms with Crippen LogP contribution in [0, 0.1) is 40.4 Å². The van der Waals surface area contributed by atoms with E-state index < -0.39 is 0 Å². The minimum atomic E-state index is -0.282. The lowest BCUT2D eigenvalue weighted by Crippen LogP contribution is -2.57. The Kier molecular flexibility index (Phi) is 6.91. The summed E-state index contributed by atoms with van der Waals surface area (Å²) in [7, 11) is 1.47. The molecule has 9 atom stereocenters. The summed E-state index contributed by atoms with van der Waals surface area (Å²) in [6.45, 7) is 9.89. The summed E-state index contributed by atoms with van der Waals surface area (Å²) in [6.07, 6.45) is 9.29. The van der Waals surface area contributed by atoms with Crippen LogP contribution < -0.4 is 0 Å². The van der Waals surface area contributed by atoms with E-state index in [-0.39, 0.29) is 40.9 Å². The third-order valence-electron chi connectivity index (χ3n) is 10.2. The summed E-state index contributed by atoms with van der Waals surface area (Å²) in [5.74, 6) is 1.78. The van der Waals surface area contributed by atoms with Gasteiger partial charge in [0.05, 0.1) is 7.11 Å². The third-order valence-corrected chi connectivity index (χ3v) is 10.2. The molecule has 4 rings (SSSR count). The predicted molar refractivity (Wildman–Crippen MR) is 127 cm³/mol. The van der Waals surface area contributed by atoms with Gasteiger partial charge in [0.15, 0.2) is 0 Å². The largest absolute Gasteiger partial charge is 0.469 e. The van der Waals surface area contributed by atoms with Gasteiger partial charge in [-0.25, -0.2) is 0 Å². The fourth-order valence-electron chi connectivity index (χ4n) is 8.82. The van der Waals surface area contributed by atoms with Crippen LogP contribution in [0.15, 0.2) is 11.6 Å². The number of esters is 3. The van der Waals surface area contributed by atoms with Gasteiger partial charge in [-0.1, -0.05) is 32.4 Å². The highest BCUT2D eigenvalue weighted by Gasteiger charge is 2.62. The Labute approximate surface area is 204 Å². The summed E-state index contributed by atoms with van der Waals surface area (Å²) in [5.41, 5.74) is 1.31. The normalized spacial score (nSPS) is 41.8. The van der Waals surface area contributed by atoms with E-state index >= 15 is 0 Å². The van der Waals surface area contributed by atoms with E-state index in [1.165, 1.54) is 33.0 Å². The van der Waals surface area contributed by atoms with E-state index in [0.717, 1.165) is 32.1 Å². The van der Waals surface area contributed by atoms with Crippen LogP contribution in [0.4, 0.5) is 0 Å². The maximum absolute atomic E-state index is 12.1. The molecule has 0 aliphatic heterocycles. The molecule has 0 saturated heterocycles. The monoisotopic (exact) mass is 474 g/mol. The van der Waals surface area contributed by atoms with Gasteiger partial charge in [-0.3, -0.25) is 14.4 Å². The van der Waals surface area contributed by atoms with Crippen LogP contribution in [0.3, 0.4) is 0 Å². The highest BCUT2D eigenvalue weighted by molar-refractivity contribution is 5.69. The summed E-state index contributed by atoms with van der Waals surface area (Å²) < 4.78 is 16.5. The lowest BCUT2D eigenvalue weighted by Gasteiger charge is -2.60. The van der Waals surface area contributed by atoms with Gasteiger partial charge in [-0.05, 0) is 67.1 Å². The van der Waals surface area contributed by atoms with Crippen molar-refractivity contribution >= 4 is 17.9 Å². The Morgan fingerprint density at radius 3 is 2.41 bits per heavy atom. The van der Waals surface area contributed by atoms with Gasteiger partial charge >= 0.3 is 17.9 Å². The van der Waals surface area contributed by atoms with Crippen LogP contribution in [0.5, 0.6) is 0 Å². The zero-order valence-electron chi connectivity index (χ0n) is 21.7. The van der Waals surface area contributed by atoms with Crippen molar-refractivity contribution in [2.75, 3.05) is 7.11 Å². The van der Waals surface area contributed by atoms with Crippen molar-refractivity contribution in [2.45, 2.75) is 98.2 Å². The highest BCUT2D eigenvalue weighted by atomic mass is 16.6. The molecule has 0 N–H and O–H groups in total. The molecule has 34 heavy (non-hydrogen) atoms. The summed E-state index contributed by atoms with van der Waals surface area (Å²) in [4.78, 5) is 35.7. The average molecular weight is 475 g/mol. The Bertz CT molecular complexity index is 863. The number of carbonyl (C=O) groups excluding carboxylic acids is 3. The number of rotatable bonds is 5. The van der Waals surface area contributed by atoms with E-state index in [9.17, 15) is 14.4 Å². The minimum absolute atomic E-state index is 0.111. The van der Waals surface area contributed by atoms with Crippen LogP contribution in [0.2, 0.25) is 0 Å². The molecule has 0 aromatic heterocycles. The number of methoxy groups -OCH3 is 1. The van der Waals surface area contributed by atoms with Crippen molar-refractivity contribution in [1.82, 2.24) is 0 Å². The van der Waals surface area contributed by atoms with Gasteiger partial charge in [0.25, 0.3) is 0 Å². The molecule has 2 unspecified atom stereocenters. The Morgan fingerprint density at radius 1 is 1.06 bits per heavy atom. The van der Waals surface area contributed by atoms with Gasteiger partial charge in [-0.2, -0.15) is 0 Å². The minimum Gasteiger partial charge on any atom is -0.469 e. The number of carbonyl (C=O) groups is 3. The van der Waals surface area contributed by atoms with E-state index in [1.807, 2.05) is 0 Å². The zero-order valence-corrected chi connectivity index (χ0v) is 21.7. The second-order valence-corrected chi connectivity index (χ2v) is 11.9. The van der Waals surface area contributed by atoms with Crippen molar-refractivity contribution in [3.05, 3.63) is 11.6 Å². The number of hydrogen-bond acceptors (Lipinski definition) is 6. The predicted octanol–water partition coefficient (Wildman–Crippen LogP) is 5.24. The number of hydrogen-bond donors (Lipinski definition) is 0. The van der Waals surface area contributed by atoms with Crippen molar-refractivity contribution in [3.8, 4) is 0 Å². The third kappa shape index (κ3) is 4.19. The van der Waals surface area contributed by atoms with Crippen molar-refractivity contribution < 1.29 is 28.6 Å². The first kappa shape index (κ1) is 25.2. The van der Waals surface area contributed by atoms with Gasteiger partial charge < -0.3 is 14.2 Å². The quantitative estimate of drug-likeness (QED) is 0.308. The fraction of sp³-hybridized carbons (Fsp3) is 0.821. The van der Waals surface area contributed by atoms with Gasteiger partial charge in [0, 0.05) is 38.5 Å².